The van der Waals surface area contributed by atoms with Crippen LogP contribution in [0.4, 0.5) is 0 Å². The molecule has 180 valence electrons. The normalized spacial score (nSPS) is 20.3. The summed E-state index contributed by atoms with van der Waals surface area (Å²) in [7, 11) is 2.81. The van der Waals surface area contributed by atoms with Crippen LogP contribution in [0.3, 0.4) is 0 Å². The Bertz CT molecular complexity index is 980. The van der Waals surface area contributed by atoms with Gasteiger partial charge >= 0.3 is 5.97 Å². The molecule has 1 N–H and O–H groups in total. The van der Waals surface area contributed by atoms with Crippen LogP contribution in [0.1, 0.15) is 42.6 Å². The quantitative estimate of drug-likeness (QED) is 0.402. The largest absolute Gasteiger partial charge is 0.495 e. The van der Waals surface area contributed by atoms with Crippen molar-refractivity contribution < 1.29 is 24.1 Å². The van der Waals surface area contributed by atoms with Gasteiger partial charge in [0.25, 0.3) is 0 Å². The number of hydrogen-bond acceptors (Lipinski definition) is 6. The number of benzene rings is 2. The second kappa shape index (κ2) is 10.5. The van der Waals surface area contributed by atoms with Crippen molar-refractivity contribution in [1.82, 2.24) is 4.90 Å². The van der Waals surface area contributed by atoms with E-state index in [0.29, 0.717) is 41.1 Å². The maximum atomic E-state index is 12.1. The van der Waals surface area contributed by atoms with E-state index in [1.807, 2.05) is 24.3 Å². The summed E-state index contributed by atoms with van der Waals surface area (Å²) in [6.45, 7) is 6.72. The Morgan fingerprint density at radius 2 is 1.82 bits per heavy atom. The maximum absolute atomic E-state index is 12.1. The molecule has 1 aliphatic rings. The number of carbonyl (C=O) groups excluding carboxylic acids is 1. The topological polar surface area (TPSA) is 68.2 Å². The zero-order valence-electron chi connectivity index (χ0n) is 19.5. The van der Waals surface area contributed by atoms with Crippen LogP contribution < -0.4 is 9.47 Å². The number of carbonyl (C=O) groups is 1. The number of piperidine rings is 1. The number of esters is 1. The second-order valence-electron chi connectivity index (χ2n) is 8.95. The SMILES string of the molecule is COC(=O)c1cc(Cl)c(OC)cc1OCCCN1CCC(C)(C)C(O)(c2ccc(Cl)cc2)C1. The van der Waals surface area contributed by atoms with Crippen LogP contribution in [-0.2, 0) is 10.3 Å². The Labute approximate surface area is 205 Å². The Hall–Kier alpha value is -1.99. The first-order chi connectivity index (χ1) is 15.6. The molecule has 0 amide bonds. The van der Waals surface area contributed by atoms with Gasteiger partial charge in [0.1, 0.15) is 22.7 Å². The standard InChI is InChI=1S/C25H31Cl2NO5/c1-24(2)10-12-28(16-25(24,30)17-6-8-18(26)9-7-17)11-5-13-33-21-15-22(31-3)20(27)14-19(21)23(29)32-4/h6-9,14-15,30H,5,10-13,16H2,1-4H3. The molecule has 0 spiro atoms. The molecule has 33 heavy (non-hydrogen) atoms. The fourth-order valence-electron chi connectivity index (χ4n) is 4.21. The van der Waals surface area contributed by atoms with E-state index in [9.17, 15) is 9.90 Å². The average Bonchev–Trinajstić information content (AvgIpc) is 2.79. The van der Waals surface area contributed by atoms with Crippen molar-refractivity contribution >= 4 is 29.2 Å². The van der Waals surface area contributed by atoms with Gasteiger partial charge in [-0.15, -0.1) is 0 Å². The van der Waals surface area contributed by atoms with Gasteiger partial charge in [0.05, 0.1) is 25.8 Å². The van der Waals surface area contributed by atoms with Crippen LogP contribution in [-0.4, -0.2) is 56.4 Å². The predicted molar refractivity (Wildman–Crippen MR) is 130 cm³/mol. The van der Waals surface area contributed by atoms with Crippen molar-refractivity contribution in [3.63, 3.8) is 0 Å². The number of methoxy groups -OCH3 is 2. The van der Waals surface area contributed by atoms with E-state index in [-0.39, 0.29) is 11.0 Å². The van der Waals surface area contributed by atoms with E-state index in [1.54, 1.807) is 6.07 Å². The number of ether oxygens (including phenoxy) is 3. The molecular weight excluding hydrogens is 465 g/mol. The maximum Gasteiger partial charge on any atom is 0.341 e. The highest BCUT2D eigenvalue weighted by atomic mass is 35.5. The van der Waals surface area contributed by atoms with Gasteiger partial charge in [-0.2, -0.15) is 0 Å². The van der Waals surface area contributed by atoms with E-state index in [1.165, 1.54) is 20.3 Å². The molecular formula is C25H31Cl2NO5. The van der Waals surface area contributed by atoms with Crippen molar-refractivity contribution in [2.45, 2.75) is 32.3 Å². The van der Waals surface area contributed by atoms with Crippen LogP contribution in [0.25, 0.3) is 0 Å². The lowest BCUT2D eigenvalue weighted by Crippen LogP contribution is -2.56. The lowest BCUT2D eigenvalue weighted by molar-refractivity contribution is -0.128. The van der Waals surface area contributed by atoms with E-state index in [2.05, 4.69) is 18.7 Å². The Morgan fingerprint density at radius 1 is 1.12 bits per heavy atom. The molecule has 8 heteroatoms. The van der Waals surface area contributed by atoms with Crippen LogP contribution in [0.5, 0.6) is 11.5 Å². The van der Waals surface area contributed by atoms with Gasteiger partial charge in [0, 0.05) is 29.6 Å². The van der Waals surface area contributed by atoms with Crippen LogP contribution in [0, 0.1) is 5.41 Å². The Kier molecular flexibility index (Phi) is 8.17. The minimum Gasteiger partial charge on any atom is -0.495 e. The van der Waals surface area contributed by atoms with Crippen molar-refractivity contribution in [3.05, 3.63) is 57.6 Å². The Balaban J connectivity index is 1.64. The number of hydrogen-bond donors (Lipinski definition) is 1. The van der Waals surface area contributed by atoms with Gasteiger partial charge in [0.15, 0.2) is 0 Å². The number of aliphatic hydroxyl groups is 1. The van der Waals surface area contributed by atoms with Crippen molar-refractivity contribution in [2.24, 2.45) is 5.41 Å². The molecule has 1 unspecified atom stereocenters. The van der Waals surface area contributed by atoms with Gasteiger partial charge < -0.3 is 19.3 Å². The van der Waals surface area contributed by atoms with Crippen molar-refractivity contribution in [2.75, 3.05) is 40.5 Å². The third-order valence-corrected chi connectivity index (χ3v) is 7.03. The summed E-state index contributed by atoms with van der Waals surface area (Å²) in [6.07, 6.45) is 1.57. The molecule has 1 fully saturated rings. The van der Waals surface area contributed by atoms with E-state index < -0.39 is 11.6 Å². The highest BCUT2D eigenvalue weighted by molar-refractivity contribution is 6.32. The first-order valence-corrected chi connectivity index (χ1v) is 11.7. The molecule has 0 saturated carbocycles. The first kappa shape index (κ1) is 25.6. The van der Waals surface area contributed by atoms with Crippen LogP contribution in [0.2, 0.25) is 10.0 Å². The smallest absolute Gasteiger partial charge is 0.341 e. The highest BCUT2D eigenvalue weighted by Crippen LogP contribution is 2.46. The molecule has 0 aromatic heterocycles. The summed E-state index contributed by atoms with van der Waals surface area (Å²) in [5.74, 6) is 0.256. The summed E-state index contributed by atoms with van der Waals surface area (Å²) in [5, 5.41) is 12.6. The van der Waals surface area contributed by atoms with E-state index in [4.69, 9.17) is 37.4 Å². The highest BCUT2D eigenvalue weighted by Gasteiger charge is 2.48. The molecule has 2 aromatic carbocycles. The first-order valence-electron chi connectivity index (χ1n) is 10.9. The third-order valence-electron chi connectivity index (χ3n) is 6.48. The summed E-state index contributed by atoms with van der Waals surface area (Å²) in [5.41, 5.74) is -0.143. The molecule has 1 saturated heterocycles. The van der Waals surface area contributed by atoms with Crippen LogP contribution >= 0.6 is 23.2 Å². The summed E-state index contributed by atoms with van der Waals surface area (Å²) < 4.78 is 16.0. The molecule has 6 nitrogen and oxygen atoms in total. The molecule has 0 aliphatic carbocycles. The predicted octanol–water partition coefficient (Wildman–Crippen LogP) is 5.18. The lowest BCUT2D eigenvalue weighted by Gasteiger charge is -2.50. The summed E-state index contributed by atoms with van der Waals surface area (Å²) >= 11 is 12.2. The summed E-state index contributed by atoms with van der Waals surface area (Å²) in [6, 6.07) is 10.5. The fourth-order valence-corrected chi connectivity index (χ4v) is 4.58. The van der Waals surface area contributed by atoms with Gasteiger partial charge in [-0.25, -0.2) is 4.79 Å². The molecule has 1 atom stereocenters. The molecule has 0 bridgehead atoms. The number of halogens is 2. The van der Waals surface area contributed by atoms with Gasteiger partial charge in [-0.05, 0) is 43.1 Å². The number of rotatable bonds is 8. The second-order valence-corrected chi connectivity index (χ2v) is 9.80. The number of nitrogens with zero attached hydrogens (tertiary/aromatic N) is 1. The molecule has 3 rings (SSSR count). The monoisotopic (exact) mass is 495 g/mol. The minimum atomic E-state index is -0.988. The van der Waals surface area contributed by atoms with E-state index >= 15 is 0 Å². The van der Waals surface area contributed by atoms with Crippen molar-refractivity contribution in [1.29, 1.82) is 0 Å². The Morgan fingerprint density at radius 3 is 2.45 bits per heavy atom. The fraction of sp³-hybridized carbons (Fsp3) is 0.480. The zero-order chi connectivity index (χ0) is 24.2. The van der Waals surface area contributed by atoms with Crippen molar-refractivity contribution in [3.8, 4) is 11.5 Å². The molecule has 1 heterocycles. The molecule has 1 aliphatic heterocycles. The minimum absolute atomic E-state index is 0.250. The third kappa shape index (κ3) is 5.57. The number of β-amino-alcohol motifs (C(OH)–C–C–N with tert-alkyl or cyclic N) is 1. The zero-order valence-corrected chi connectivity index (χ0v) is 21.0. The van der Waals surface area contributed by atoms with E-state index in [0.717, 1.165) is 25.1 Å². The summed E-state index contributed by atoms with van der Waals surface area (Å²) in [4.78, 5) is 14.4. The average molecular weight is 496 g/mol. The van der Waals surface area contributed by atoms with Gasteiger partial charge in [-0.1, -0.05) is 49.2 Å². The molecule has 0 radical (unpaired) electrons. The van der Waals surface area contributed by atoms with Gasteiger partial charge in [-0.3, -0.25) is 4.90 Å². The lowest BCUT2D eigenvalue weighted by atomic mass is 9.66. The molecule has 2 aromatic rings. The van der Waals surface area contributed by atoms with Gasteiger partial charge in [0.2, 0.25) is 0 Å². The number of likely N-dealkylation sites (tertiary alicyclic amines) is 1. The van der Waals surface area contributed by atoms with Crippen LogP contribution in [0.15, 0.2) is 36.4 Å².